The van der Waals surface area contributed by atoms with Crippen LogP contribution in [0.1, 0.15) is 78.8 Å². The first-order valence-corrected chi connectivity index (χ1v) is 12.0. The SMILES string of the molecule is C\C=C(/C(C)=C\C(CCC)=C(/C)CC)c1cc2cnc(NC(=O)C34CC(C3)C4)cc2cn1. The number of anilines is 1. The summed E-state index contributed by atoms with van der Waals surface area (Å²) in [5.41, 5.74) is 6.10. The van der Waals surface area contributed by atoms with Crippen molar-refractivity contribution in [2.45, 2.75) is 73.1 Å². The monoisotopic (exact) mass is 429 g/mol. The van der Waals surface area contributed by atoms with Gasteiger partial charge in [-0.05, 0) is 87.6 Å². The molecule has 0 aliphatic heterocycles. The van der Waals surface area contributed by atoms with Crippen molar-refractivity contribution in [1.82, 2.24) is 9.97 Å². The smallest absolute Gasteiger partial charge is 0.231 e. The fourth-order valence-corrected chi connectivity index (χ4v) is 5.08. The molecular weight excluding hydrogens is 394 g/mol. The molecule has 0 aromatic carbocycles. The Morgan fingerprint density at radius 1 is 1.12 bits per heavy atom. The highest BCUT2D eigenvalue weighted by Crippen LogP contribution is 2.64. The van der Waals surface area contributed by atoms with Crippen LogP contribution in [0, 0.1) is 11.3 Å². The van der Waals surface area contributed by atoms with E-state index in [4.69, 9.17) is 4.98 Å². The molecule has 2 aromatic heterocycles. The van der Waals surface area contributed by atoms with Gasteiger partial charge in [0.05, 0.1) is 11.1 Å². The Morgan fingerprint density at radius 2 is 1.81 bits per heavy atom. The minimum atomic E-state index is -0.102. The fraction of sp³-hybridized carbons (Fsp3) is 0.464. The Morgan fingerprint density at radius 3 is 2.41 bits per heavy atom. The van der Waals surface area contributed by atoms with Gasteiger partial charge < -0.3 is 5.32 Å². The molecule has 2 heterocycles. The van der Waals surface area contributed by atoms with Crippen molar-refractivity contribution in [2.24, 2.45) is 11.3 Å². The molecule has 1 amide bonds. The maximum atomic E-state index is 12.6. The molecule has 3 fully saturated rings. The van der Waals surface area contributed by atoms with Gasteiger partial charge in [0.1, 0.15) is 5.82 Å². The number of fused-ring (bicyclic) bond motifs is 1. The van der Waals surface area contributed by atoms with Crippen LogP contribution in [-0.2, 0) is 4.79 Å². The van der Waals surface area contributed by atoms with Crippen LogP contribution in [0.25, 0.3) is 16.3 Å². The summed E-state index contributed by atoms with van der Waals surface area (Å²) in [5, 5.41) is 5.04. The Kier molecular flexibility index (Phi) is 6.32. The highest BCUT2D eigenvalue weighted by Gasteiger charge is 2.61. The van der Waals surface area contributed by atoms with Gasteiger partial charge in [0, 0.05) is 23.2 Å². The summed E-state index contributed by atoms with van der Waals surface area (Å²) in [7, 11) is 0. The fourth-order valence-electron chi connectivity index (χ4n) is 5.08. The van der Waals surface area contributed by atoms with Gasteiger partial charge in [-0.1, -0.05) is 38.0 Å². The average molecular weight is 430 g/mol. The molecule has 2 bridgehead atoms. The van der Waals surface area contributed by atoms with Gasteiger partial charge in [-0.2, -0.15) is 0 Å². The van der Waals surface area contributed by atoms with E-state index in [-0.39, 0.29) is 11.3 Å². The zero-order valence-electron chi connectivity index (χ0n) is 20.1. The van der Waals surface area contributed by atoms with E-state index in [2.05, 4.69) is 63.1 Å². The number of rotatable bonds is 8. The van der Waals surface area contributed by atoms with Crippen LogP contribution >= 0.6 is 0 Å². The first-order valence-electron chi connectivity index (χ1n) is 12.0. The van der Waals surface area contributed by atoms with E-state index < -0.39 is 0 Å². The summed E-state index contributed by atoms with van der Waals surface area (Å²) < 4.78 is 0. The number of allylic oxidation sites excluding steroid dienone is 6. The third-order valence-electron chi connectivity index (χ3n) is 7.34. The summed E-state index contributed by atoms with van der Waals surface area (Å²) >= 11 is 0. The second kappa shape index (κ2) is 9.01. The number of nitrogens with one attached hydrogen (secondary N) is 1. The number of carbonyl (C=O) groups is 1. The van der Waals surface area contributed by atoms with Gasteiger partial charge in [-0.15, -0.1) is 0 Å². The molecule has 0 saturated heterocycles. The Balaban J connectivity index is 1.56. The first-order chi connectivity index (χ1) is 15.4. The standard InChI is InChI=1S/C28H35N3O/c1-6-9-21(18(4)7-2)10-19(5)24(8-3)25-11-22-17-30-26(12-23(22)16-29-25)31-27(32)28-13-20(14-28)15-28/h8,10-12,16-17,20H,6-7,9,13-15H2,1-5H3,(H,30,31,32)/b19-10-,21-18+,24-8+. The largest absolute Gasteiger partial charge is 0.310 e. The maximum Gasteiger partial charge on any atom is 0.231 e. The molecule has 0 atom stereocenters. The lowest BCUT2D eigenvalue weighted by molar-refractivity contribution is -0.158. The number of aromatic nitrogens is 2. The van der Waals surface area contributed by atoms with E-state index in [1.165, 1.54) is 16.7 Å². The molecule has 3 saturated carbocycles. The Hall–Kier alpha value is -2.75. The summed E-state index contributed by atoms with van der Waals surface area (Å²) in [6.07, 6.45) is 14.6. The number of nitrogens with zero attached hydrogens (tertiary/aromatic N) is 2. The lowest BCUT2D eigenvalue weighted by Crippen LogP contribution is -2.58. The number of carbonyl (C=O) groups excluding carboxylic acids is 1. The molecule has 3 aliphatic carbocycles. The summed E-state index contributed by atoms with van der Waals surface area (Å²) in [5.74, 6) is 1.53. The number of amides is 1. The second-order valence-corrected chi connectivity index (χ2v) is 9.64. The molecule has 0 unspecified atom stereocenters. The predicted octanol–water partition coefficient (Wildman–Crippen LogP) is 7.24. The van der Waals surface area contributed by atoms with Gasteiger partial charge in [-0.25, -0.2) is 4.98 Å². The van der Waals surface area contributed by atoms with E-state index in [1.54, 1.807) is 0 Å². The van der Waals surface area contributed by atoms with Crippen LogP contribution in [0.3, 0.4) is 0 Å². The van der Waals surface area contributed by atoms with E-state index >= 15 is 0 Å². The van der Waals surface area contributed by atoms with Crippen LogP contribution < -0.4 is 5.32 Å². The number of hydrogen-bond donors (Lipinski definition) is 1. The van der Waals surface area contributed by atoms with Crippen molar-refractivity contribution in [3.63, 3.8) is 0 Å². The Labute approximate surface area is 191 Å². The second-order valence-electron chi connectivity index (χ2n) is 9.64. The van der Waals surface area contributed by atoms with E-state index in [0.717, 1.165) is 66.5 Å². The van der Waals surface area contributed by atoms with Crippen molar-refractivity contribution in [3.05, 3.63) is 59.1 Å². The average Bonchev–Trinajstić information content (AvgIpc) is 2.71. The van der Waals surface area contributed by atoms with Crippen LogP contribution in [0.15, 0.2) is 53.4 Å². The molecule has 1 N–H and O–H groups in total. The third-order valence-corrected chi connectivity index (χ3v) is 7.34. The lowest BCUT2D eigenvalue weighted by atomic mass is 9.44. The minimum absolute atomic E-state index is 0.102. The molecular formula is C28H35N3O. The predicted molar refractivity (Wildman–Crippen MR) is 133 cm³/mol. The van der Waals surface area contributed by atoms with Gasteiger partial charge in [0.2, 0.25) is 5.91 Å². The quantitative estimate of drug-likeness (QED) is 0.450. The Bertz CT molecular complexity index is 1120. The molecule has 4 nitrogen and oxygen atoms in total. The zero-order valence-corrected chi connectivity index (χ0v) is 20.1. The summed E-state index contributed by atoms with van der Waals surface area (Å²) in [6.45, 7) is 10.9. The maximum absolute atomic E-state index is 12.6. The molecule has 0 radical (unpaired) electrons. The topological polar surface area (TPSA) is 54.9 Å². The zero-order chi connectivity index (χ0) is 22.9. The van der Waals surface area contributed by atoms with Crippen molar-refractivity contribution < 1.29 is 4.79 Å². The minimum Gasteiger partial charge on any atom is -0.310 e. The van der Waals surface area contributed by atoms with E-state index in [9.17, 15) is 4.79 Å². The molecule has 3 aliphatic rings. The van der Waals surface area contributed by atoms with Crippen LogP contribution in [0.4, 0.5) is 5.82 Å². The normalized spacial score (nSPS) is 23.3. The first kappa shape index (κ1) is 22.4. The van der Waals surface area contributed by atoms with Crippen LogP contribution in [0.2, 0.25) is 0 Å². The lowest BCUT2D eigenvalue weighted by Gasteiger charge is -2.59. The van der Waals surface area contributed by atoms with Gasteiger partial charge in [-0.3, -0.25) is 9.78 Å². The van der Waals surface area contributed by atoms with Crippen molar-refractivity contribution in [3.8, 4) is 0 Å². The highest BCUT2D eigenvalue weighted by molar-refractivity contribution is 5.98. The number of pyridine rings is 2. The van der Waals surface area contributed by atoms with E-state index in [1.807, 2.05) is 18.5 Å². The van der Waals surface area contributed by atoms with Crippen molar-refractivity contribution in [2.75, 3.05) is 5.32 Å². The van der Waals surface area contributed by atoms with Crippen molar-refractivity contribution in [1.29, 1.82) is 0 Å². The molecule has 5 rings (SSSR count). The molecule has 0 spiro atoms. The van der Waals surface area contributed by atoms with Gasteiger partial charge in [0.25, 0.3) is 0 Å². The van der Waals surface area contributed by atoms with Crippen LogP contribution in [0.5, 0.6) is 0 Å². The van der Waals surface area contributed by atoms with E-state index in [0.29, 0.717) is 5.82 Å². The molecule has 4 heteroatoms. The molecule has 168 valence electrons. The van der Waals surface area contributed by atoms with Crippen molar-refractivity contribution >= 4 is 28.1 Å². The van der Waals surface area contributed by atoms with Gasteiger partial charge in [0.15, 0.2) is 0 Å². The van der Waals surface area contributed by atoms with Crippen LogP contribution in [-0.4, -0.2) is 15.9 Å². The number of hydrogen-bond acceptors (Lipinski definition) is 3. The summed E-state index contributed by atoms with van der Waals surface area (Å²) in [4.78, 5) is 21.8. The molecule has 2 aromatic rings. The third kappa shape index (κ3) is 4.15. The highest BCUT2D eigenvalue weighted by atomic mass is 16.2. The van der Waals surface area contributed by atoms with Gasteiger partial charge >= 0.3 is 0 Å². The molecule has 32 heavy (non-hydrogen) atoms. The summed E-state index contributed by atoms with van der Waals surface area (Å²) in [6, 6.07) is 4.03.